The number of rotatable bonds is 12. The van der Waals surface area contributed by atoms with E-state index < -0.39 is 17.7 Å². The first kappa shape index (κ1) is 29.0. The molecule has 196 valence electrons. The minimum absolute atomic E-state index is 0.0494. The fourth-order valence-electron chi connectivity index (χ4n) is 3.67. The van der Waals surface area contributed by atoms with Gasteiger partial charge in [-0.1, -0.05) is 51.0 Å². The number of aliphatic carboxylic acids is 1. The van der Waals surface area contributed by atoms with E-state index in [1.807, 2.05) is 6.07 Å². The van der Waals surface area contributed by atoms with E-state index in [-0.39, 0.29) is 28.9 Å². The lowest BCUT2D eigenvalue weighted by Crippen LogP contribution is -2.25. The molecule has 0 spiro atoms. The molecular weight excluding hydrogens is 472 g/mol. The fourth-order valence-corrected chi connectivity index (χ4v) is 3.67. The van der Waals surface area contributed by atoms with Crippen molar-refractivity contribution in [3.05, 3.63) is 89.2 Å². The van der Waals surface area contributed by atoms with Gasteiger partial charge in [0.2, 0.25) is 0 Å². The minimum atomic E-state index is -1.17. The van der Waals surface area contributed by atoms with Gasteiger partial charge in [0.1, 0.15) is 5.75 Å². The Bertz CT molecular complexity index is 1170. The molecule has 0 bridgehead atoms. The van der Waals surface area contributed by atoms with Gasteiger partial charge in [-0.05, 0) is 42.7 Å². The number of phenolic OH excluding ortho intramolecular Hbond substituents is 1. The molecule has 8 heteroatoms. The number of pyridine rings is 1. The summed E-state index contributed by atoms with van der Waals surface area (Å²) in [5, 5.41) is 28.1. The van der Waals surface area contributed by atoms with Crippen molar-refractivity contribution in [2.45, 2.75) is 46.0 Å². The number of carbonyl (C=O) groups excluding carboxylic acids is 1. The maximum atomic E-state index is 12.8. The normalized spacial score (nSPS) is 10.2. The van der Waals surface area contributed by atoms with Gasteiger partial charge in [0.25, 0.3) is 0 Å². The summed E-state index contributed by atoms with van der Waals surface area (Å²) in [5.41, 5.74) is 1.71. The molecule has 8 nitrogen and oxygen atoms in total. The molecule has 0 aliphatic carbocycles. The van der Waals surface area contributed by atoms with Gasteiger partial charge in [-0.25, -0.2) is 4.79 Å². The summed E-state index contributed by atoms with van der Waals surface area (Å²) in [5.74, 6) is -2.62. The Hall–Kier alpha value is -4.20. The summed E-state index contributed by atoms with van der Waals surface area (Å²) in [4.78, 5) is 40.3. The molecule has 0 unspecified atom stereocenters. The van der Waals surface area contributed by atoms with Gasteiger partial charge in [0.05, 0.1) is 17.5 Å². The largest absolute Gasteiger partial charge is 0.507 e. The van der Waals surface area contributed by atoms with E-state index in [9.17, 15) is 24.6 Å². The predicted octanol–water partition coefficient (Wildman–Crippen LogP) is 5.44. The van der Waals surface area contributed by atoms with Crippen LogP contribution in [0, 0.1) is 0 Å². The topological polar surface area (TPSA) is 128 Å². The van der Waals surface area contributed by atoms with E-state index in [1.165, 1.54) is 12.1 Å². The third-order valence-electron chi connectivity index (χ3n) is 5.63. The summed E-state index contributed by atoms with van der Waals surface area (Å²) < 4.78 is 0. The van der Waals surface area contributed by atoms with Crippen molar-refractivity contribution in [2.75, 3.05) is 18.0 Å². The number of nitrogens with zero attached hydrogens (tertiary/aromatic N) is 2. The lowest BCUT2D eigenvalue weighted by Gasteiger charge is -2.25. The lowest BCUT2D eigenvalue weighted by molar-refractivity contribution is -0.136. The molecular formula is C29H34N2O6. The van der Waals surface area contributed by atoms with Crippen LogP contribution in [0.2, 0.25) is 0 Å². The van der Waals surface area contributed by atoms with Crippen molar-refractivity contribution in [1.82, 2.24) is 4.98 Å². The van der Waals surface area contributed by atoms with Gasteiger partial charge in [-0.3, -0.25) is 14.6 Å². The van der Waals surface area contributed by atoms with Crippen LogP contribution in [0.5, 0.6) is 5.75 Å². The number of hydrogen-bond acceptors (Lipinski definition) is 6. The number of carbonyl (C=O) groups is 3. The number of benzene rings is 2. The van der Waals surface area contributed by atoms with E-state index in [0.29, 0.717) is 0 Å². The van der Waals surface area contributed by atoms with Gasteiger partial charge in [-0.2, -0.15) is 0 Å². The fraction of sp³-hybridized carbons (Fsp3) is 0.310. The summed E-state index contributed by atoms with van der Waals surface area (Å²) in [6, 6.07) is 14.5. The smallest absolute Gasteiger partial charge is 0.336 e. The van der Waals surface area contributed by atoms with Crippen LogP contribution in [0.1, 0.15) is 71.4 Å². The number of carboxylic acid groups (broad SMARTS) is 2. The number of hydrogen-bond donors (Lipinski definition) is 3. The van der Waals surface area contributed by atoms with Gasteiger partial charge < -0.3 is 20.2 Å². The molecule has 3 N–H and O–H groups in total. The Balaban J connectivity index is 0.000000402. The van der Waals surface area contributed by atoms with Crippen LogP contribution in [0.4, 0.5) is 5.69 Å². The number of aromatic nitrogens is 1. The van der Waals surface area contributed by atoms with Gasteiger partial charge in [0, 0.05) is 42.8 Å². The lowest BCUT2D eigenvalue weighted by atomic mass is 9.97. The number of anilines is 1. The molecule has 0 amide bonds. The Morgan fingerprint density at radius 2 is 1.49 bits per heavy atom. The van der Waals surface area contributed by atoms with E-state index in [1.54, 1.807) is 48.8 Å². The third-order valence-corrected chi connectivity index (χ3v) is 5.63. The summed E-state index contributed by atoms with van der Waals surface area (Å²) in [6.07, 6.45) is 7.48. The Morgan fingerprint density at radius 3 is 2.00 bits per heavy atom. The molecule has 0 saturated heterocycles. The molecule has 1 heterocycles. The second-order valence-electron chi connectivity index (χ2n) is 8.51. The average Bonchev–Trinajstić information content (AvgIpc) is 2.89. The van der Waals surface area contributed by atoms with Crippen molar-refractivity contribution in [1.29, 1.82) is 0 Å². The van der Waals surface area contributed by atoms with Gasteiger partial charge >= 0.3 is 11.9 Å². The van der Waals surface area contributed by atoms with E-state index in [4.69, 9.17) is 5.11 Å². The first-order chi connectivity index (χ1) is 17.8. The first-order valence-corrected chi connectivity index (χ1v) is 12.3. The Labute approximate surface area is 217 Å². The minimum Gasteiger partial charge on any atom is -0.507 e. The van der Waals surface area contributed by atoms with Crippen LogP contribution in [0.3, 0.4) is 0 Å². The summed E-state index contributed by atoms with van der Waals surface area (Å²) >= 11 is 0. The van der Waals surface area contributed by atoms with Crippen molar-refractivity contribution in [3.8, 4) is 5.75 Å². The molecule has 0 aliphatic rings. The molecule has 37 heavy (non-hydrogen) atoms. The van der Waals surface area contributed by atoms with Crippen molar-refractivity contribution >= 4 is 23.4 Å². The molecule has 0 fully saturated rings. The molecule has 0 atom stereocenters. The molecule has 0 saturated carbocycles. The Morgan fingerprint density at radius 1 is 0.838 bits per heavy atom. The summed E-state index contributed by atoms with van der Waals surface area (Å²) in [6.45, 7) is 6.06. The molecule has 3 aromatic rings. The Kier molecular flexibility index (Phi) is 11.8. The van der Waals surface area contributed by atoms with Gasteiger partial charge in [0.15, 0.2) is 5.78 Å². The zero-order valence-corrected chi connectivity index (χ0v) is 21.3. The average molecular weight is 507 g/mol. The SMILES string of the molecule is CCCCN(CCCC)c1ccc(C(=O)c2ccccc2C(=O)O)c(O)c1.O=C(O)Cc1cccnc1. The standard InChI is InChI=1S/C22H27NO4.C7H7NO2/c1-3-5-13-23(14-6-4-2)16-11-12-19(20(24)15-16)21(25)17-9-7-8-10-18(17)22(26)27;9-7(10)4-6-2-1-3-8-5-6/h7-12,15,24H,3-6,13-14H2,1-2H3,(H,26,27);1-3,5H,4H2,(H,9,10). The van der Waals surface area contributed by atoms with Crippen LogP contribution in [0.25, 0.3) is 0 Å². The quantitative estimate of drug-likeness (QED) is 0.277. The second-order valence-corrected chi connectivity index (χ2v) is 8.51. The van der Waals surface area contributed by atoms with Crippen molar-refractivity contribution < 1.29 is 29.7 Å². The molecule has 0 radical (unpaired) electrons. The maximum Gasteiger partial charge on any atom is 0.336 e. The van der Waals surface area contributed by atoms with Crippen LogP contribution in [-0.4, -0.2) is 51.1 Å². The third kappa shape index (κ3) is 9.07. The highest BCUT2D eigenvalue weighted by Crippen LogP contribution is 2.28. The number of aromatic carboxylic acids is 1. The first-order valence-electron chi connectivity index (χ1n) is 12.3. The van der Waals surface area contributed by atoms with E-state index in [0.717, 1.165) is 50.0 Å². The highest BCUT2D eigenvalue weighted by Gasteiger charge is 2.20. The number of phenols is 1. The zero-order valence-electron chi connectivity index (χ0n) is 21.3. The van der Waals surface area contributed by atoms with Crippen molar-refractivity contribution in [2.24, 2.45) is 0 Å². The number of ketones is 1. The van der Waals surface area contributed by atoms with E-state index in [2.05, 4.69) is 23.7 Å². The molecule has 1 aromatic heterocycles. The number of carboxylic acids is 2. The van der Waals surface area contributed by atoms with Gasteiger partial charge in [-0.15, -0.1) is 0 Å². The number of aromatic hydroxyl groups is 1. The van der Waals surface area contributed by atoms with E-state index >= 15 is 0 Å². The van der Waals surface area contributed by atoms with Crippen LogP contribution in [-0.2, 0) is 11.2 Å². The predicted molar refractivity (Wildman–Crippen MR) is 143 cm³/mol. The highest BCUT2D eigenvalue weighted by atomic mass is 16.4. The molecule has 3 rings (SSSR count). The van der Waals surface area contributed by atoms with Crippen molar-refractivity contribution in [3.63, 3.8) is 0 Å². The number of unbranched alkanes of at least 4 members (excludes halogenated alkanes) is 2. The zero-order chi connectivity index (χ0) is 27.2. The monoisotopic (exact) mass is 506 g/mol. The summed E-state index contributed by atoms with van der Waals surface area (Å²) in [7, 11) is 0. The molecule has 0 aliphatic heterocycles. The molecule has 2 aromatic carbocycles. The van der Waals surface area contributed by atoms with Crippen LogP contribution < -0.4 is 4.90 Å². The van der Waals surface area contributed by atoms with Crippen LogP contribution in [0.15, 0.2) is 67.0 Å². The maximum absolute atomic E-state index is 12.8. The second kappa shape index (κ2) is 15.0. The highest BCUT2D eigenvalue weighted by molar-refractivity contribution is 6.15. The van der Waals surface area contributed by atoms with Crippen LogP contribution >= 0.6 is 0 Å².